The van der Waals surface area contributed by atoms with E-state index >= 15 is 0 Å². The fourth-order valence-corrected chi connectivity index (χ4v) is 3.15. The minimum absolute atomic E-state index is 0.294. The second-order valence-electron chi connectivity index (χ2n) is 6.03. The molecule has 0 aliphatic carbocycles. The number of likely N-dealkylation sites (tertiary alicyclic amines) is 1. The van der Waals surface area contributed by atoms with Crippen LogP contribution in [-0.4, -0.2) is 23.9 Å². The number of furan rings is 1. The Labute approximate surface area is 131 Å². The predicted molar refractivity (Wildman–Crippen MR) is 86.6 cm³/mol. The zero-order valence-electron chi connectivity index (χ0n) is 12.9. The maximum atomic E-state index is 12.3. The molecule has 1 saturated heterocycles. The van der Waals surface area contributed by atoms with Gasteiger partial charge < -0.3 is 9.32 Å². The van der Waals surface area contributed by atoms with Crippen LogP contribution < -0.4 is 0 Å². The number of carbonyl (C=O) groups is 1. The lowest BCUT2D eigenvalue weighted by atomic mass is 10.1. The molecule has 3 heteroatoms. The summed E-state index contributed by atoms with van der Waals surface area (Å²) in [5.41, 5.74) is 1.36. The van der Waals surface area contributed by atoms with Gasteiger partial charge in [-0.3, -0.25) is 4.79 Å². The molecule has 116 valence electrons. The molecule has 1 aromatic heterocycles. The minimum atomic E-state index is 0.294. The van der Waals surface area contributed by atoms with Gasteiger partial charge in [-0.1, -0.05) is 30.3 Å². The van der Waals surface area contributed by atoms with Gasteiger partial charge in [0.15, 0.2) is 0 Å². The fourth-order valence-electron chi connectivity index (χ4n) is 3.15. The van der Waals surface area contributed by atoms with E-state index in [1.54, 1.807) is 6.26 Å². The average Bonchev–Trinajstić information content (AvgIpc) is 3.22. The lowest BCUT2D eigenvalue weighted by Gasteiger charge is -2.16. The summed E-state index contributed by atoms with van der Waals surface area (Å²) < 4.78 is 5.46. The highest BCUT2D eigenvalue weighted by molar-refractivity contribution is 5.76. The standard InChI is InChI=1S/C19H23NO2/c21-19(11-5-4-9-16-7-2-1-3-8-16)20-13-12-17(15-20)18-10-6-14-22-18/h1-3,6-8,10,14,17H,4-5,9,11-13,15H2. The van der Waals surface area contributed by atoms with Crippen molar-refractivity contribution in [1.29, 1.82) is 0 Å². The van der Waals surface area contributed by atoms with E-state index in [1.165, 1.54) is 5.56 Å². The van der Waals surface area contributed by atoms with Crippen LogP contribution in [0.4, 0.5) is 0 Å². The monoisotopic (exact) mass is 297 g/mol. The number of amides is 1. The Hall–Kier alpha value is -2.03. The Bertz CT molecular complexity index is 577. The average molecular weight is 297 g/mol. The Morgan fingerprint density at radius 2 is 2.00 bits per heavy atom. The Balaban J connectivity index is 1.38. The molecule has 2 heterocycles. The Morgan fingerprint density at radius 3 is 2.77 bits per heavy atom. The third kappa shape index (κ3) is 3.79. The summed E-state index contributed by atoms with van der Waals surface area (Å²) in [6.45, 7) is 1.67. The van der Waals surface area contributed by atoms with Crippen molar-refractivity contribution < 1.29 is 9.21 Å². The Kier molecular flexibility index (Phi) is 4.94. The molecule has 1 aliphatic rings. The highest BCUT2D eigenvalue weighted by Crippen LogP contribution is 2.27. The summed E-state index contributed by atoms with van der Waals surface area (Å²) in [5.74, 6) is 1.68. The first-order valence-corrected chi connectivity index (χ1v) is 8.18. The van der Waals surface area contributed by atoms with Gasteiger partial charge in [0.1, 0.15) is 5.76 Å². The highest BCUT2D eigenvalue weighted by Gasteiger charge is 2.28. The molecule has 2 aromatic rings. The summed E-state index contributed by atoms with van der Waals surface area (Å²) in [6, 6.07) is 14.4. The van der Waals surface area contributed by atoms with Crippen LogP contribution in [0.5, 0.6) is 0 Å². The van der Waals surface area contributed by atoms with Crippen LogP contribution in [0.15, 0.2) is 53.1 Å². The Morgan fingerprint density at radius 1 is 1.14 bits per heavy atom. The maximum Gasteiger partial charge on any atom is 0.222 e. The van der Waals surface area contributed by atoms with Gasteiger partial charge in [0, 0.05) is 25.4 Å². The van der Waals surface area contributed by atoms with Crippen molar-refractivity contribution in [2.24, 2.45) is 0 Å². The number of unbranched alkanes of at least 4 members (excludes halogenated alkanes) is 1. The van der Waals surface area contributed by atoms with Gasteiger partial charge in [0.05, 0.1) is 6.26 Å². The van der Waals surface area contributed by atoms with Gasteiger partial charge >= 0.3 is 0 Å². The van der Waals surface area contributed by atoms with Crippen molar-refractivity contribution in [2.75, 3.05) is 13.1 Å². The SMILES string of the molecule is O=C(CCCCc1ccccc1)N1CCC(c2ccco2)C1. The molecule has 1 atom stereocenters. The van der Waals surface area contributed by atoms with Crippen LogP contribution in [0.25, 0.3) is 0 Å². The molecule has 1 aromatic carbocycles. The molecule has 0 saturated carbocycles. The summed E-state index contributed by atoms with van der Waals surface area (Å²) >= 11 is 0. The van der Waals surface area contributed by atoms with E-state index in [-0.39, 0.29) is 0 Å². The van der Waals surface area contributed by atoms with Gasteiger partial charge in [-0.05, 0) is 43.4 Å². The van der Waals surface area contributed by atoms with Crippen molar-refractivity contribution in [2.45, 2.75) is 38.0 Å². The number of carbonyl (C=O) groups excluding carboxylic acids is 1. The van der Waals surface area contributed by atoms with E-state index < -0.39 is 0 Å². The summed E-state index contributed by atoms with van der Waals surface area (Å²) in [6.07, 6.45) is 6.49. The molecule has 0 radical (unpaired) electrons. The molecular weight excluding hydrogens is 274 g/mol. The molecule has 3 rings (SSSR count). The number of benzene rings is 1. The number of nitrogens with zero attached hydrogens (tertiary/aromatic N) is 1. The molecule has 1 fully saturated rings. The third-order valence-electron chi connectivity index (χ3n) is 4.44. The van der Waals surface area contributed by atoms with Crippen molar-refractivity contribution in [1.82, 2.24) is 4.90 Å². The molecular formula is C19H23NO2. The number of hydrogen-bond donors (Lipinski definition) is 0. The minimum Gasteiger partial charge on any atom is -0.469 e. The maximum absolute atomic E-state index is 12.3. The molecule has 1 unspecified atom stereocenters. The highest BCUT2D eigenvalue weighted by atomic mass is 16.3. The van der Waals surface area contributed by atoms with Crippen LogP contribution in [0.2, 0.25) is 0 Å². The van der Waals surface area contributed by atoms with Crippen LogP contribution in [-0.2, 0) is 11.2 Å². The van der Waals surface area contributed by atoms with Crippen LogP contribution in [0.3, 0.4) is 0 Å². The first-order valence-electron chi connectivity index (χ1n) is 8.18. The quantitative estimate of drug-likeness (QED) is 0.755. The van der Waals surface area contributed by atoms with E-state index in [2.05, 4.69) is 24.3 Å². The largest absolute Gasteiger partial charge is 0.469 e. The van der Waals surface area contributed by atoms with E-state index in [0.717, 1.165) is 44.5 Å². The van der Waals surface area contributed by atoms with E-state index in [0.29, 0.717) is 18.2 Å². The van der Waals surface area contributed by atoms with Crippen molar-refractivity contribution in [3.63, 3.8) is 0 Å². The first kappa shape index (κ1) is 14.9. The van der Waals surface area contributed by atoms with E-state index in [1.807, 2.05) is 23.1 Å². The van der Waals surface area contributed by atoms with Gasteiger partial charge in [-0.15, -0.1) is 0 Å². The fraction of sp³-hybridized carbons (Fsp3) is 0.421. The molecule has 1 aliphatic heterocycles. The third-order valence-corrected chi connectivity index (χ3v) is 4.44. The van der Waals surface area contributed by atoms with Crippen molar-refractivity contribution >= 4 is 5.91 Å². The molecule has 22 heavy (non-hydrogen) atoms. The second-order valence-corrected chi connectivity index (χ2v) is 6.03. The summed E-state index contributed by atoms with van der Waals surface area (Å²) in [5, 5.41) is 0. The lowest BCUT2D eigenvalue weighted by molar-refractivity contribution is -0.130. The predicted octanol–water partition coefficient (Wildman–Crippen LogP) is 4.01. The zero-order chi connectivity index (χ0) is 15.2. The molecule has 1 amide bonds. The van der Waals surface area contributed by atoms with Crippen LogP contribution in [0.1, 0.15) is 42.9 Å². The zero-order valence-corrected chi connectivity index (χ0v) is 12.9. The van der Waals surface area contributed by atoms with E-state index in [4.69, 9.17) is 4.42 Å². The lowest BCUT2D eigenvalue weighted by Crippen LogP contribution is -2.28. The van der Waals surface area contributed by atoms with E-state index in [9.17, 15) is 4.79 Å². The molecule has 3 nitrogen and oxygen atoms in total. The van der Waals surface area contributed by atoms with Crippen LogP contribution >= 0.6 is 0 Å². The molecule has 0 bridgehead atoms. The van der Waals surface area contributed by atoms with Gasteiger partial charge in [-0.2, -0.15) is 0 Å². The topological polar surface area (TPSA) is 33.5 Å². The number of hydrogen-bond acceptors (Lipinski definition) is 2. The first-order chi connectivity index (χ1) is 10.8. The van der Waals surface area contributed by atoms with Gasteiger partial charge in [0.25, 0.3) is 0 Å². The van der Waals surface area contributed by atoms with Crippen LogP contribution in [0, 0.1) is 0 Å². The molecule has 0 N–H and O–H groups in total. The van der Waals surface area contributed by atoms with Crippen molar-refractivity contribution in [3.05, 3.63) is 60.1 Å². The summed E-state index contributed by atoms with van der Waals surface area (Å²) in [4.78, 5) is 14.3. The smallest absolute Gasteiger partial charge is 0.222 e. The normalized spacial score (nSPS) is 17.8. The van der Waals surface area contributed by atoms with Gasteiger partial charge in [-0.25, -0.2) is 0 Å². The summed E-state index contributed by atoms with van der Waals surface area (Å²) in [7, 11) is 0. The molecule has 0 spiro atoms. The second kappa shape index (κ2) is 7.30. The van der Waals surface area contributed by atoms with Crippen molar-refractivity contribution in [3.8, 4) is 0 Å². The number of rotatable bonds is 6. The van der Waals surface area contributed by atoms with Gasteiger partial charge in [0.2, 0.25) is 5.91 Å². The number of aryl methyl sites for hydroxylation is 1.